The van der Waals surface area contributed by atoms with E-state index in [0.29, 0.717) is 12.1 Å². The minimum atomic E-state index is -0.477. The van der Waals surface area contributed by atoms with E-state index in [1.54, 1.807) is 24.3 Å². The van der Waals surface area contributed by atoms with Crippen molar-refractivity contribution in [1.82, 2.24) is 5.32 Å². The molecule has 0 bridgehead atoms. The molecule has 4 rings (SSSR count). The Morgan fingerprint density at radius 1 is 0.969 bits per heavy atom. The molecule has 1 aliphatic carbocycles. The van der Waals surface area contributed by atoms with Crippen molar-refractivity contribution in [3.63, 3.8) is 0 Å². The highest BCUT2D eigenvalue weighted by molar-refractivity contribution is 5.97. The Morgan fingerprint density at radius 3 is 2.34 bits per heavy atom. The number of fused-ring (bicyclic) bond motifs is 3. The molecule has 158 valence electrons. The number of rotatable bonds is 7. The van der Waals surface area contributed by atoms with Gasteiger partial charge in [0, 0.05) is 18.0 Å². The van der Waals surface area contributed by atoms with E-state index in [1.807, 2.05) is 42.5 Å². The molecule has 5 heteroatoms. The highest BCUT2D eigenvalue weighted by Gasteiger charge is 2.28. The standard InChI is InChI=1S/C27H22N2O3/c28-15-14-26(30)20-9-5-7-19(17-20)8-6-16-29-27(31)32-18-25-23-12-3-1-10-21(23)22-11-2-4-13-24(22)25/h1-13,17,25H,14,16,18H2,(H,29,31). The smallest absolute Gasteiger partial charge is 0.407 e. The summed E-state index contributed by atoms with van der Waals surface area (Å²) >= 11 is 0. The van der Waals surface area contributed by atoms with Crippen LogP contribution in [0.4, 0.5) is 4.79 Å². The van der Waals surface area contributed by atoms with E-state index in [9.17, 15) is 9.59 Å². The quantitative estimate of drug-likeness (QED) is 0.522. The van der Waals surface area contributed by atoms with Crippen LogP contribution < -0.4 is 5.32 Å². The van der Waals surface area contributed by atoms with Crippen molar-refractivity contribution >= 4 is 18.0 Å². The van der Waals surface area contributed by atoms with Gasteiger partial charge in [0.1, 0.15) is 6.61 Å². The predicted molar refractivity (Wildman–Crippen MR) is 123 cm³/mol. The van der Waals surface area contributed by atoms with Gasteiger partial charge in [-0.25, -0.2) is 4.79 Å². The first-order chi connectivity index (χ1) is 15.7. The van der Waals surface area contributed by atoms with Gasteiger partial charge in [-0.15, -0.1) is 0 Å². The molecule has 1 amide bonds. The van der Waals surface area contributed by atoms with E-state index < -0.39 is 6.09 Å². The second kappa shape index (κ2) is 9.76. The number of carbonyl (C=O) groups excluding carboxylic acids is 2. The SMILES string of the molecule is N#CCC(=O)c1cccc(C=CCNC(=O)OCC2c3ccccc3-c3ccccc32)c1. The zero-order chi connectivity index (χ0) is 22.3. The first kappa shape index (κ1) is 21.1. The van der Waals surface area contributed by atoms with Gasteiger partial charge in [0.15, 0.2) is 5.78 Å². The first-order valence-electron chi connectivity index (χ1n) is 10.4. The number of amides is 1. The Kier molecular flexibility index (Phi) is 6.43. The number of ketones is 1. The van der Waals surface area contributed by atoms with Crippen LogP contribution in [0, 0.1) is 11.3 Å². The average molecular weight is 422 g/mol. The number of carbonyl (C=O) groups is 2. The zero-order valence-electron chi connectivity index (χ0n) is 17.5. The van der Waals surface area contributed by atoms with Gasteiger partial charge in [0.2, 0.25) is 0 Å². The summed E-state index contributed by atoms with van der Waals surface area (Å²) in [6, 6.07) is 25.3. The lowest BCUT2D eigenvalue weighted by atomic mass is 9.98. The number of nitriles is 1. The molecule has 3 aromatic carbocycles. The molecule has 0 aromatic heterocycles. The van der Waals surface area contributed by atoms with Gasteiger partial charge in [-0.1, -0.05) is 78.9 Å². The molecule has 0 spiro atoms. The van der Waals surface area contributed by atoms with Crippen molar-refractivity contribution < 1.29 is 14.3 Å². The van der Waals surface area contributed by atoms with Gasteiger partial charge in [0.25, 0.3) is 0 Å². The number of ether oxygens (including phenoxy) is 1. The fourth-order valence-electron chi connectivity index (χ4n) is 3.98. The Bertz CT molecular complexity index is 1180. The topological polar surface area (TPSA) is 79.2 Å². The van der Waals surface area contributed by atoms with Crippen LogP contribution in [0.5, 0.6) is 0 Å². The molecule has 0 heterocycles. The molecule has 1 N–H and O–H groups in total. The van der Waals surface area contributed by atoms with Gasteiger partial charge < -0.3 is 10.1 Å². The molecular weight excluding hydrogens is 400 g/mol. The second-order valence-electron chi connectivity index (χ2n) is 7.49. The molecule has 0 saturated heterocycles. The number of hydrogen-bond acceptors (Lipinski definition) is 4. The van der Waals surface area contributed by atoms with E-state index >= 15 is 0 Å². The molecule has 0 atom stereocenters. The lowest BCUT2D eigenvalue weighted by Gasteiger charge is -2.14. The van der Waals surface area contributed by atoms with Crippen LogP contribution in [-0.4, -0.2) is 25.0 Å². The summed E-state index contributed by atoms with van der Waals surface area (Å²) in [5.74, 6) is -0.183. The number of nitrogens with zero attached hydrogens (tertiary/aromatic N) is 1. The summed E-state index contributed by atoms with van der Waals surface area (Å²) in [6.45, 7) is 0.569. The fraction of sp³-hybridized carbons (Fsp3) is 0.148. The summed E-state index contributed by atoms with van der Waals surface area (Å²) in [5.41, 5.74) is 6.05. The van der Waals surface area contributed by atoms with Crippen LogP contribution >= 0.6 is 0 Å². The lowest BCUT2D eigenvalue weighted by molar-refractivity contribution is 0.0997. The van der Waals surface area contributed by atoms with Gasteiger partial charge in [0.05, 0.1) is 12.5 Å². The maximum atomic E-state index is 12.2. The average Bonchev–Trinajstić information content (AvgIpc) is 3.15. The van der Waals surface area contributed by atoms with Gasteiger partial charge in [-0.2, -0.15) is 5.26 Å². The van der Waals surface area contributed by atoms with Crippen LogP contribution in [0.3, 0.4) is 0 Å². The van der Waals surface area contributed by atoms with Crippen LogP contribution in [0.25, 0.3) is 17.2 Å². The maximum Gasteiger partial charge on any atom is 0.407 e. The van der Waals surface area contributed by atoms with Crippen molar-refractivity contribution in [3.05, 3.63) is 101 Å². The Labute approximate surface area is 187 Å². The van der Waals surface area contributed by atoms with Crippen molar-refractivity contribution in [3.8, 4) is 17.2 Å². The summed E-state index contributed by atoms with van der Waals surface area (Å²) < 4.78 is 5.51. The van der Waals surface area contributed by atoms with Crippen LogP contribution in [0.1, 0.15) is 39.4 Å². The van der Waals surface area contributed by atoms with Crippen LogP contribution in [0.2, 0.25) is 0 Å². The number of benzene rings is 3. The third kappa shape index (κ3) is 4.60. The minimum absolute atomic E-state index is 0.0254. The van der Waals surface area contributed by atoms with Crippen LogP contribution in [-0.2, 0) is 4.74 Å². The minimum Gasteiger partial charge on any atom is -0.449 e. The van der Waals surface area contributed by atoms with E-state index in [0.717, 1.165) is 5.56 Å². The summed E-state index contributed by atoms with van der Waals surface area (Å²) in [7, 11) is 0. The van der Waals surface area contributed by atoms with E-state index in [2.05, 4.69) is 29.6 Å². The Hall–Kier alpha value is -4.17. The van der Waals surface area contributed by atoms with Gasteiger partial charge >= 0.3 is 6.09 Å². The normalized spacial score (nSPS) is 12.1. The Morgan fingerprint density at radius 2 is 1.66 bits per heavy atom. The predicted octanol–water partition coefficient (Wildman–Crippen LogP) is 5.33. The van der Waals surface area contributed by atoms with E-state index in [4.69, 9.17) is 10.00 Å². The van der Waals surface area contributed by atoms with Crippen molar-refractivity contribution in [2.75, 3.05) is 13.2 Å². The van der Waals surface area contributed by atoms with Gasteiger partial charge in [-0.3, -0.25) is 4.79 Å². The highest BCUT2D eigenvalue weighted by atomic mass is 16.5. The van der Waals surface area contributed by atoms with Gasteiger partial charge in [-0.05, 0) is 33.9 Å². The van der Waals surface area contributed by atoms with Crippen molar-refractivity contribution in [2.45, 2.75) is 12.3 Å². The fourth-order valence-corrected chi connectivity index (χ4v) is 3.98. The number of hydrogen-bond donors (Lipinski definition) is 1. The maximum absolute atomic E-state index is 12.2. The molecule has 0 saturated carbocycles. The molecular formula is C27H22N2O3. The summed E-state index contributed by atoms with van der Waals surface area (Å²) in [4.78, 5) is 24.0. The lowest BCUT2D eigenvalue weighted by Crippen LogP contribution is -2.26. The first-order valence-corrected chi connectivity index (χ1v) is 10.4. The molecule has 1 aliphatic rings. The van der Waals surface area contributed by atoms with E-state index in [1.165, 1.54) is 22.3 Å². The van der Waals surface area contributed by atoms with Crippen molar-refractivity contribution in [2.24, 2.45) is 0 Å². The molecule has 3 aromatic rings. The number of nitrogens with one attached hydrogen (secondary N) is 1. The second-order valence-corrected chi connectivity index (χ2v) is 7.49. The highest BCUT2D eigenvalue weighted by Crippen LogP contribution is 2.44. The monoisotopic (exact) mass is 422 g/mol. The number of Topliss-reactive ketones (excluding diaryl/α,β-unsaturated/α-hetero) is 1. The molecule has 32 heavy (non-hydrogen) atoms. The zero-order valence-corrected chi connectivity index (χ0v) is 17.5. The largest absolute Gasteiger partial charge is 0.449 e. The number of alkyl carbamates (subject to hydrolysis) is 1. The molecule has 0 radical (unpaired) electrons. The third-order valence-electron chi connectivity index (χ3n) is 5.47. The molecule has 0 fully saturated rings. The van der Waals surface area contributed by atoms with Crippen molar-refractivity contribution in [1.29, 1.82) is 5.26 Å². The van der Waals surface area contributed by atoms with E-state index in [-0.39, 0.29) is 24.7 Å². The Balaban J connectivity index is 1.31. The summed E-state index contributed by atoms with van der Waals surface area (Å²) in [6.07, 6.45) is 2.98. The molecule has 5 nitrogen and oxygen atoms in total. The third-order valence-corrected chi connectivity index (χ3v) is 5.47. The molecule has 0 unspecified atom stereocenters. The summed E-state index contributed by atoms with van der Waals surface area (Å²) in [5, 5.41) is 11.4. The molecule has 0 aliphatic heterocycles. The van der Waals surface area contributed by atoms with Crippen LogP contribution in [0.15, 0.2) is 78.9 Å².